The van der Waals surface area contributed by atoms with Crippen LogP contribution in [0, 0.1) is 6.92 Å². The van der Waals surface area contributed by atoms with Crippen LogP contribution in [-0.2, 0) is 6.54 Å². The number of carbonyl (C=O) groups is 1. The summed E-state index contributed by atoms with van der Waals surface area (Å²) in [5, 5.41) is 7.70. The third-order valence-corrected chi connectivity index (χ3v) is 4.28. The molecule has 2 amide bonds. The number of amides is 2. The molecule has 3 aromatic rings. The van der Waals surface area contributed by atoms with Crippen molar-refractivity contribution in [3.05, 3.63) is 71.4 Å². The first kappa shape index (κ1) is 15.2. The highest BCUT2D eigenvalue weighted by molar-refractivity contribution is 7.13. The van der Waals surface area contributed by atoms with Gasteiger partial charge in [0.1, 0.15) is 0 Å². The van der Waals surface area contributed by atoms with Gasteiger partial charge in [0.05, 0.1) is 0 Å². The standard InChI is InChI=1S/C18H17N3OS/c1-13-4-6-16(7-5-13)21-18(22)20-11-14-9-15(12-19-10-14)17-3-2-8-23-17/h2-10,12H,11H2,1H3,(H2,20,21,22). The predicted octanol–water partition coefficient (Wildman–Crippen LogP) is 4.44. The van der Waals surface area contributed by atoms with Crippen LogP contribution in [0.3, 0.4) is 0 Å². The summed E-state index contributed by atoms with van der Waals surface area (Å²) in [5.74, 6) is 0. The van der Waals surface area contributed by atoms with E-state index in [1.165, 1.54) is 4.88 Å². The number of hydrogen-bond acceptors (Lipinski definition) is 3. The fourth-order valence-electron chi connectivity index (χ4n) is 2.16. The number of pyridine rings is 1. The summed E-state index contributed by atoms with van der Waals surface area (Å²) in [5.41, 5.74) is 3.97. The number of hydrogen-bond donors (Lipinski definition) is 2. The van der Waals surface area contributed by atoms with Crippen LogP contribution >= 0.6 is 11.3 Å². The van der Waals surface area contributed by atoms with Gasteiger partial charge in [0.2, 0.25) is 0 Å². The molecule has 0 unspecified atom stereocenters. The van der Waals surface area contributed by atoms with Gasteiger partial charge in [-0.15, -0.1) is 11.3 Å². The van der Waals surface area contributed by atoms with Crippen molar-refractivity contribution in [2.75, 3.05) is 5.32 Å². The molecule has 2 aromatic heterocycles. The fraction of sp³-hybridized carbons (Fsp3) is 0.111. The molecule has 2 N–H and O–H groups in total. The summed E-state index contributed by atoms with van der Waals surface area (Å²) in [7, 11) is 0. The van der Waals surface area contributed by atoms with E-state index in [0.29, 0.717) is 6.54 Å². The normalized spacial score (nSPS) is 10.3. The third-order valence-electron chi connectivity index (χ3n) is 3.36. The molecular weight excluding hydrogens is 306 g/mol. The average molecular weight is 323 g/mol. The Hall–Kier alpha value is -2.66. The molecule has 0 aliphatic carbocycles. The highest BCUT2D eigenvalue weighted by Gasteiger charge is 2.04. The van der Waals surface area contributed by atoms with Gasteiger partial charge < -0.3 is 10.6 Å². The van der Waals surface area contributed by atoms with Crippen LogP contribution in [0.1, 0.15) is 11.1 Å². The molecule has 4 nitrogen and oxygen atoms in total. The summed E-state index contributed by atoms with van der Waals surface area (Å²) in [6, 6.07) is 13.6. The lowest BCUT2D eigenvalue weighted by molar-refractivity contribution is 0.251. The fourth-order valence-corrected chi connectivity index (χ4v) is 2.86. The Labute approximate surface area is 139 Å². The molecule has 5 heteroatoms. The van der Waals surface area contributed by atoms with Crippen molar-refractivity contribution in [1.82, 2.24) is 10.3 Å². The number of thiophene rings is 1. The van der Waals surface area contributed by atoms with Crippen LogP contribution in [0.15, 0.2) is 60.2 Å². The van der Waals surface area contributed by atoms with Crippen molar-refractivity contribution >= 4 is 23.1 Å². The van der Waals surface area contributed by atoms with Gasteiger partial charge in [-0.2, -0.15) is 0 Å². The number of benzene rings is 1. The highest BCUT2D eigenvalue weighted by atomic mass is 32.1. The number of carbonyl (C=O) groups excluding carboxylic acids is 1. The second-order valence-corrected chi connectivity index (χ2v) is 6.18. The molecule has 0 spiro atoms. The summed E-state index contributed by atoms with van der Waals surface area (Å²) in [6.07, 6.45) is 3.60. The molecular formula is C18H17N3OS. The Kier molecular flexibility index (Phi) is 4.68. The van der Waals surface area contributed by atoms with Gasteiger partial charge in [-0.25, -0.2) is 4.79 Å². The third kappa shape index (κ3) is 4.17. The van der Waals surface area contributed by atoms with Gasteiger partial charge >= 0.3 is 6.03 Å². The number of rotatable bonds is 4. The molecule has 0 fully saturated rings. The number of aromatic nitrogens is 1. The van der Waals surface area contributed by atoms with Crippen LogP contribution in [0.5, 0.6) is 0 Å². The summed E-state index contributed by atoms with van der Waals surface area (Å²) in [6.45, 7) is 2.45. The molecule has 0 aliphatic heterocycles. The second-order valence-electron chi connectivity index (χ2n) is 5.23. The molecule has 0 atom stereocenters. The van der Waals surface area contributed by atoms with Crippen LogP contribution < -0.4 is 10.6 Å². The lowest BCUT2D eigenvalue weighted by Gasteiger charge is -2.08. The first-order valence-electron chi connectivity index (χ1n) is 7.30. The predicted molar refractivity (Wildman–Crippen MR) is 94.6 cm³/mol. The van der Waals surface area contributed by atoms with E-state index >= 15 is 0 Å². The van der Waals surface area contributed by atoms with E-state index in [1.807, 2.05) is 54.9 Å². The van der Waals surface area contributed by atoms with Crippen molar-refractivity contribution in [2.45, 2.75) is 13.5 Å². The van der Waals surface area contributed by atoms with Gasteiger partial charge in [0, 0.05) is 35.1 Å². The minimum absolute atomic E-state index is 0.227. The quantitative estimate of drug-likeness (QED) is 0.746. The van der Waals surface area contributed by atoms with Crippen molar-refractivity contribution < 1.29 is 4.79 Å². The molecule has 3 rings (SSSR count). The maximum atomic E-state index is 11.9. The van der Waals surface area contributed by atoms with Crippen LogP contribution in [-0.4, -0.2) is 11.0 Å². The zero-order chi connectivity index (χ0) is 16.1. The largest absolute Gasteiger partial charge is 0.334 e. The number of anilines is 1. The van der Waals surface area contributed by atoms with E-state index < -0.39 is 0 Å². The van der Waals surface area contributed by atoms with E-state index in [1.54, 1.807) is 17.5 Å². The molecule has 2 heterocycles. The maximum absolute atomic E-state index is 11.9. The van der Waals surface area contributed by atoms with Crippen molar-refractivity contribution in [3.63, 3.8) is 0 Å². The zero-order valence-corrected chi connectivity index (χ0v) is 13.6. The lowest BCUT2D eigenvalue weighted by Crippen LogP contribution is -2.28. The SMILES string of the molecule is Cc1ccc(NC(=O)NCc2cncc(-c3cccs3)c2)cc1. The molecule has 116 valence electrons. The first-order valence-corrected chi connectivity index (χ1v) is 8.18. The molecule has 0 aliphatic rings. The summed E-state index contributed by atoms with van der Waals surface area (Å²) >= 11 is 1.67. The Bertz CT molecular complexity index is 782. The molecule has 0 radical (unpaired) electrons. The summed E-state index contributed by atoms with van der Waals surface area (Å²) < 4.78 is 0. The van der Waals surface area contributed by atoms with Gasteiger partial charge in [0.15, 0.2) is 0 Å². The summed E-state index contributed by atoms with van der Waals surface area (Å²) in [4.78, 5) is 17.4. The number of aryl methyl sites for hydroxylation is 1. The van der Waals surface area contributed by atoms with Gasteiger partial charge in [-0.05, 0) is 42.1 Å². The van der Waals surface area contributed by atoms with E-state index in [4.69, 9.17) is 0 Å². The Morgan fingerprint density at radius 3 is 2.74 bits per heavy atom. The van der Waals surface area contributed by atoms with Crippen LogP contribution in [0.25, 0.3) is 10.4 Å². The maximum Gasteiger partial charge on any atom is 0.319 e. The minimum Gasteiger partial charge on any atom is -0.334 e. The van der Waals surface area contributed by atoms with Gasteiger partial charge in [-0.3, -0.25) is 4.98 Å². The molecule has 1 aromatic carbocycles. The van der Waals surface area contributed by atoms with Crippen LogP contribution in [0.2, 0.25) is 0 Å². The van der Waals surface area contributed by atoms with Crippen molar-refractivity contribution in [2.24, 2.45) is 0 Å². The monoisotopic (exact) mass is 323 g/mol. The van der Waals surface area contributed by atoms with E-state index in [0.717, 1.165) is 22.4 Å². The van der Waals surface area contributed by atoms with Crippen molar-refractivity contribution in [3.8, 4) is 10.4 Å². The smallest absolute Gasteiger partial charge is 0.319 e. The lowest BCUT2D eigenvalue weighted by atomic mass is 10.2. The van der Waals surface area contributed by atoms with E-state index in [2.05, 4.69) is 21.7 Å². The number of urea groups is 1. The van der Waals surface area contributed by atoms with Gasteiger partial charge in [-0.1, -0.05) is 23.8 Å². The topological polar surface area (TPSA) is 54.0 Å². The zero-order valence-electron chi connectivity index (χ0n) is 12.7. The number of nitrogens with one attached hydrogen (secondary N) is 2. The Balaban J connectivity index is 1.58. The average Bonchev–Trinajstić information content (AvgIpc) is 3.10. The molecule has 23 heavy (non-hydrogen) atoms. The van der Waals surface area contributed by atoms with E-state index in [-0.39, 0.29) is 6.03 Å². The van der Waals surface area contributed by atoms with Crippen LogP contribution in [0.4, 0.5) is 10.5 Å². The number of nitrogens with zero attached hydrogens (tertiary/aromatic N) is 1. The Morgan fingerprint density at radius 1 is 1.17 bits per heavy atom. The molecule has 0 bridgehead atoms. The molecule has 0 saturated carbocycles. The Morgan fingerprint density at radius 2 is 2.00 bits per heavy atom. The minimum atomic E-state index is -0.227. The molecule has 0 saturated heterocycles. The second kappa shape index (κ2) is 7.07. The van der Waals surface area contributed by atoms with Crippen molar-refractivity contribution in [1.29, 1.82) is 0 Å². The van der Waals surface area contributed by atoms with Gasteiger partial charge in [0.25, 0.3) is 0 Å². The highest BCUT2D eigenvalue weighted by Crippen LogP contribution is 2.24. The first-order chi connectivity index (χ1) is 11.2. The van der Waals surface area contributed by atoms with E-state index in [9.17, 15) is 4.79 Å².